The largest absolute Gasteiger partial charge is 0.471 e. The van der Waals surface area contributed by atoms with Crippen LogP contribution in [-0.2, 0) is 20.8 Å². The third-order valence-electron chi connectivity index (χ3n) is 9.46. The third kappa shape index (κ3) is 4.09. The molecule has 2 aromatic rings. The highest BCUT2D eigenvalue weighted by Crippen LogP contribution is 3.00. The minimum atomic E-state index is -5.18. The molecule has 0 spiro atoms. The summed E-state index contributed by atoms with van der Waals surface area (Å²) in [5.74, 6) is -1.07. The Hall–Kier alpha value is -3.97. The summed E-state index contributed by atoms with van der Waals surface area (Å²) in [7, 11) is 0. The first-order valence-corrected chi connectivity index (χ1v) is 14.0. The van der Waals surface area contributed by atoms with Crippen LogP contribution in [0.25, 0.3) is 10.1 Å². The lowest BCUT2D eigenvalue weighted by Gasteiger charge is -2.42. The van der Waals surface area contributed by atoms with E-state index in [1.807, 2.05) is 25.2 Å². The summed E-state index contributed by atoms with van der Waals surface area (Å²) in [5.41, 5.74) is -1.15. The fraction of sp³-hybridized carbons (Fsp3) is 0.517. The number of nitriles is 1. The van der Waals surface area contributed by atoms with E-state index in [9.17, 15) is 32.8 Å². The number of alkyl halides is 3. The predicted molar refractivity (Wildman–Crippen MR) is 147 cm³/mol. The zero-order valence-corrected chi connectivity index (χ0v) is 24.5. The molecule has 5 rings (SSSR count). The number of hydrogen-bond acceptors (Lipinski definition) is 7. The van der Waals surface area contributed by atoms with Gasteiger partial charge in [-0.15, -0.1) is 6.42 Å². The predicted octanol–water partition coefficient (Wildman–Crippen LogP) is 3.46. The van der Waals surface area contributed by atoms with Crippen molar-refractivity contribution in [3.05, 3.63) is 35.4 Å². The van der Waals surface area contributed by atoms with Crippen LogP contribution < -0.4 is 10.6 Å². The molecule has 1 aliphatic heterocycles. The Kier molecular flexibility index (Phi) is 6.51. The molecule has 2 N–H and O–H groups in total. The van der Waals surface area contributed by atoms with Crippen LogP contribution in [0.2, 0.25) is 0 Å². The monoisotopic (exact) mass is 598 g/mol. The molecule has 3 fully saturated rings. The first kappa shape index (κ1) is 29.5. The number of amides is 3. The maximum Gasteiger partial charge on any atom is 0.471 e. The van der Waals surface area contributed by atoms with Gasteiger partial charge < -0.3 is 15.5 Å². The maximum atomic E-state index is 13.8. The summed E-state index contributed by atoms with van der Waals surface area (Å²) < 4.78 is 44.4. The van der Waals surface area contributed by atoms with Crippen molar-refractivity contribution in [3.63, 3.8) is 0 Å². The van der Waals surface area contributed by atoms with Gasteiger partial charge in [-0.2, -0.15) is 22.8 Å². The molecule has 2 aromatic heterocycles. The van der Waals surface area contributed by atoms with Gasteiger partial charge >= 0.3 is 12.1 Å². The number of likely N-dealkylation sites (tertiary alicyclic amines) is 1. The Bertz CT molecular complexity index is 1640. The lowest BCUT2D eigenvalue weighted by Crippen LogP contribution is -2.62. The number of terminal acetylenes is 1. The first-order valence-electron chi connectivity index (χ1n) is 13.2. The number of rotatable bonds is 6. The van der Waals surface area contributed by atoms with Crippen LogP contribution in [0.3, 0.4) is 0 Å². The molecule has 3 amide bonds. The van der Waals surface area contributed by atoms with Gasteiger partial charge in [-0.3, -0.25) is 19.4 Å². The van der Waals surface area contributed by atoms with E-state index in [1.54, 1.807) is 33.2 Å². The molecule has 1 saturated heterocycles. The molecule has 2 saturated carbocycles. The van der Waals surface area contributed by atoms with E-state index in [-0.39, 0.29) is 29.5 Å². The molecule has 0 bridgehead atoms. The Morgan fingerprint density at radius 3 is 2.55 bits per heavy atom. The van der Waals surface area contributed by atoms with Gasteiger partial charge in [0.1, 0.15) is 29.5 Å². The van der Waals surface area contributed by atoms with E-state index in [2.05, 4.69) is 20.6 Å². The second-order valence-electron chi connectivity index (χ2n) is 12.8. The fourth-order valence-electron chi connectivity index (χ4n) is 7.06. The molecule has 42 heavy (non-hydrogen) atoms. The van der Waals surface area contributed by atoms with Crippen molar-refractivity contribution >= 4 is 39.3 Å². The third-order valence-corrected chi connectivity index (χ3v) is 10.2. The number of piperidine rings is 2. The van der Waals surface area contributed by atoms with Gasteiger partial charge in [0.05, 0.1) is 4.70 Å². The quantitative estimate of drug-likeness (QED) is 0.387. The molecular weight excluding hydrogens is 569 g/mol. The minimum Gasteiger partial charge on any atom is -0.336 e. The first-order chi connectivity index (χ1) is 19.5. The fourth-order valence-corrected chi connectivity index (χ4v) is 7.82. The number of allylic oxidation sites excluding steroid dienone is 2. The molecule has 3 aliphatic rings. The molecule has 2 aliphatic carbocycles. The number of fused-ring (bicyclic) bond motifs is 1. The standard InChI is InChI=1S/C29H29F3N6O3S/c1-7-17-19-15(11-34-12-18(19)42-37-17)8-9-16(10-33)35-22(39)21-28-13-27(28,26(28,5)6)14-38(21)23(40)20(25(2,3)4)36-24(41)29(30,31)32/h1,9,11-12,20-21H,8,13-14H2,2-6H3,(H,35,39)(H,36,41)/t20-,21-,27?,28?/m1/s1. The highest BCUT2D eigenvalue weighted by Gasteiger charge is 3.02. The number of pyridine rings is 1. The van der Waals surface area contributed by atoms with Gasteiger partial charge in [0.2, 0.25) is 11.8 Å². The van der Waals surface area contributed by atoms with Crippen LogP contribution in [0.1, 0.15) is 52.3 Å². The maximum absolute atomic E-state index is 13.8. The highest BCUT2D eigenvalue weighted by molar-refractivity contribution is 7.13. The second kappa shape index (κ2) is 9.27. The smallest absolute Gasteiger partial charge is 0.336 e. The topological polar surface area (TPSA) is 128 Å². The number of hydrogen-bond donors (Lipinski definition) is 2. The van der Waals surface area contributed by atoms with E-state index in [4.69, 9.17) is 6.42 Å². The summed E-state index contributed by atoms with van der Waals surface area (Å²) in [4.78, 5) is 44.9. The van der Waals surface area contributed by atoms with Crippen molar-refractivity contribution in [1.82, 2.24) is 24.9 Å². The summed E-state index contributed by atoms with van der Waals surface area (Å²) in [6, 6.07) is -0.579. The average Bonchev–Trinajstić information content (AvgIpc) is 3.45. The minimum absolute atomic E-state index is 0.0550. The molecule has 9 nitrogen and oxygen atoms in total. The molecule has 2 unspecified atom stereocenters. The number of carbonyl (C=O) groups excluding carboxylic acids is 3. The molecule has 13 heteroatoms. The highest BCUT2D eigenvalue weighted by atomic mass is 32.1. The lowest BCUT2D eigenvalue weighted by atomic mass is 9.79. The molecule has 0 radical (unpaired) electrons. The Morgan fingerprint density at radius 2 is 1.98 bits per heavy atom. The second-order valence-corrected chi connectivity index (χ2v) is 13.6. The Balaban J connectivity index is 1.41. The molecular formula is C29H29F3N6O3S. The summed E-state index contributed by atoms with van der Waals surface area (Å²) in [6.07, 6.45) is 6.05. The zero-order valence-electron chi connectivity index (χ0n) is 23.6. The Labute approximate surface area is 244 Å². The van der Waals surface area contributed by atoms with Crippen LogP contribution in [0.5, 0.6) is 0 Å². The van der Waals surface area contributed by atoms with Gasteiger partial charge in [0.25, 0.3) is 0 Å². The van der Waals surface area contributed by atoms with Crippen LogP contribution in [0.15, 0.2) is 24.2 Å². The molecule has 4 atom stereocenters. The van der Waals surface area contributed by atoms with Crippen LogP contribution >= 0.6 is 11.5 Å². The zero-order chi connectivity index (χ0) is 31.0. The van der Waals surface area contributed by atoms with Crippen molar-refractivity contribution < 1.29 is 27.6 Å². The van der Waals surface area contributed by atoms with Crippen LogP contribution in [0.4, 0.5) is 13.2 Å². The summed E-state index contributed by atoms with van der Waals surface area (Å²) in [6.45, 7) is 8.79. The average molecular weight is 599 g/mol. The SMILES string of the molecule is C#Cc1nsc2cncc(CC=C(C#N)NC(=O)[C@H]3N(C(=O)[C@@H](NC(=O)C(F)(F)F)C(C)(C)C)CC45CC34C5(C)C)c12. The van der Waals surface area contributed by atoms with Gasteiger partial charge in [0.15, 0.2) is 0 Å². The summed E-state index contributed by atoms with van der Waals surface area (Å²) >= 11 is 1.20. The molecule has 220 valence electrons. The molecule has 3 heterocycles. The number of carbonyl (C=O) groups is 3. The number of nitrogens with zero attached hydrogens (tertiary/aromatic N) is 4. The van der Waals surface area contributed by atoms with E-state index in [0.717, 1.165) is 10.1 Å². The number of nitrogens with one attached hydrogen (secondary N) is 2. The van der Waals surface area contributed by atoms with Crippen molar-refractivity contribution in [2.24, 2.45) is 21.7 Å². The van der Waals surface area contributed by atoms with Crippen LogP contribution in [-0.4, -0.2) is 56.8 Å². The van der Waals surface area contributed by atoms with Gasteiger partial charge in [-0.1, -0.05) is 34.6 Å². The Morgan fingerprint density at radius 1 is 1.29 bits per heavy atom. The van der Waals surface area contributed by atoms with Gasteiger partial charge in [-0.25, -0.2) is 0 Å². The van der Waals surface area contributed by atoms with Crippen molar-refractivity contribution in [3.8, 4) is 18.4 Å². The van der Waals surface area contributed by atoms with Gasteiger partial charge in [0, 0.05) is 35.2 Å². The lowest BCUT2D eigenvalue weighted by molar-refractivity contribution is -0.176. The van der Waals surface area contributed by atoms with E-state index in [0.29, 0.717) is 17.7 Å². The van der Waals surface area contributed by atoms with E-state index in [1.165, 1.54) is 22.5 Å². The summed E-state index contributed by atoms with van der Waals surface area (Å²) in [5, 5.41) is 15.1. The van der Waals surface area contributed by atoms with E-state index >= 15 is 0 Å². The van der Waals surface area contributed by atoms with Crippen molar-refractivity contribution in [1.29, 1.82) is 5.26 Å². The van der Waals surface area contributed by atoms with Crippen molar-refractivity contribution in [2.75, 3.05) is 6.54 Å². The number of halogens is 3. The van der Waals surface area contributed by atoms with E-state index < -0.39 is 46.8 Å². The molecule has 0 aromatic carbocycles. The van der Waals surface area contributed by atoms with Crippen molar-refractivity contribution in [2.45, 2.75) is 65.7 Å². The van der Waals surface area contributed by atoms with Gasteiger partial charge in [-0.05, 0) is 52.8 Å². The van der Waals surface area contributed by atoms with Crippen LogP contribution in [0, 0.1) is 45.3 Å². The normalized spacial score (nSPS) is 26.4. The number of aromatic nitrogens is 2.